The molecule has 1 aromatic rings. The zero-order valence-corrected chi connectivity index (χ0v) is 11.4. The number of aliphatic hydroxyl groups is 1. The van der Waals surface area contributed by atoms with Crippen LogP contribution in [-0.4, -0.2) is 35.6 Å². The van der Waals surface area contributed by atoms with Crippen molar-refractivity contribution in [2.24, 2.45) is 0 Å². The predicted molar refractivity (Wildman–Crippen MR) is 71.8 cm³/mol. The zero-order chi connectivity index (χ0) is 12.8. The number of anilines is 1. The summed E-state index contributed by atoms with van der Waals surface area (Å²) in [6, 6.07) is 5.16. The van der Waals surface area contributed by atoms with Gasteiger partial charge in [-0.1, -0.05) is 15.9 Å². The summed E-state index contributed by atoms with van der Waals surface area (Å²) in [5, 5.41) is 8.79. The largest absolute Gasteiger partial charge is 0.399 e. The van der Waals surface area contributed by atoms with Gasteiger partial charge < -0.3 is 15.7 Å². The van der Waals surface area contributed by atoms with Crippen LogP contribution in [0.4, 0.5) is 5.69 Å². The molecule has 0 saturated heterocycles. The molecule has 5 heteroatoms. The summed E-state index contributed by atoms with van der Waals surface area (Å²) in [5.41, 5.74) is 6.82. The van der Waals surface area contributed by atoms with Crippen LogP contribution in [0.25, 0.3) is 0 Å². The minimum absolute atomic E-state index is 0.0612. The minimum atomic E-state index is -0.0612. The highest BCUT2D eigenvalue weighted by Gasteiger charge is 2.14. The van der Waals surface area contributed by atoms with Gasteiger partial charge in [-0.05, 0) is 31.5 Å². The van der Waals surface area contributed by atoms with Crippen molar-refractivity contribution in [1.29, 1.82) is 0 Å². The molecule has 94 valence electrons. The van der Waals surface area contributed by atoms with Gasteiger partial charge in [-0.25, -0.2) is 0 Å². The molecule has 0 aliphatic rings. The number of nitrogens with zero attached hydrogens (tertiary/aromatic N) is 1. The summed E-state index contributed by atoms with van der Waals surface area (Å²) in [4.78, 5) is 13.8. The van der Waals surface area contributed by atoms with Crippen LogP contribution in [0.2, 0.25) is 0 Å². The van der Waals surface area contributed by atoms with Gasteiger partial charge in [0, 0.05) is 35.4 Å². The monoisotopic (exact) mass is 300 g/mol. The molecule has 1 rings (SSSR count). The molecule has 0 radical (unpaired) electrons. The van der Waals surface area contributed by atoms with Crippen LogP contribution in [0.1, 0.15) is 23.7 Å². The van der Waals surface area contributed by atoms with Gasteiger partial charge >= 0.3 is 0 Å². The lowest BCUT2D eigenvalue weighted by Gasteiger charge is -2.20. The summed E-state index contributed by atoms with van der Waals surface area (Å²) < 4.78 is 0.791. The topological polar surface area (TPSA) is 66.6 Å². The Balaban J connectivity index is 2.85. The lowest BCUT2D eigenvalue weighted by atomic mass is 10.1. The Bertz CT molecular complexity index is 376. The van der Waals surface area contributed by atoms with E-state index >= 15 is 0 Å². The van der Waals surface area contributed by atoms with E-state index in [4.69, 9.17) is 10.8 Å². The van der Waals surface area contributed by atoms with Gasteiger partial charge in [-0.3, -0.25) is 4.79 Å². The van der Waals surface area contributed by atoms with Gasteiger partial charge in [-0.15, -0.1) is 0 Å². The first-order chi connectivity index (χ1) is 8.08. The number of benzene rings is 1. The molecule has 0 bridgehead atoms. The van der Waals surface area contributed by atoms with E-state index in [9.17, 15) is 4.79 Å². The first-order valence-corrected chi connectivity index (χ1v) is 6.34. The number of hydrogen-bond acceptors (Lipinski definition) is 3. The van der Waals surface area contributed by atoms with Crippen molar-refractivity contribution in [3.8, 4) is 0 Å². The normalized spacial score (nSPS) is 10.3. The van der Waals surface area contributed by atoms with Crippen molar-refractivity contribution in [2.45, 2.75) is 13.3 Å². The van der Waals surface area contributed by atoms with Crippen LogP contribution >= 0.6 is 15.9 Å². The van der Waals surface area contributed by atoms with E-state index in [-0.39, 0.29) is 12.5 Å². The Morgan fingerprint density at radius 2 is 2.18 bits per heavy atom. The summed E-state index contributed by atoms with van der Waals surface area (Å²) in [7, 11) is 0. The third kappa shape index (κ3) is 4.02. The number of halogens is 1. The van der Waals surface area contributed by atoms with E-state index in [0.29, 0.717) is 30.8 Å². The van der Waals surface area contributed by atoms with Gasteiger partial charge in [-0.2, -0.15) is 0 Å². The highest BCUT2D eigenvalue weighted by Crippen LogP contribution is 2.18. The maximum atomic E-state index is 12.2. The predicted octanol–water partition coefficient (Wildman–Crippen LogP) is 1.88. The Morgan fingerprint density at radius 3 is 2.71 bits per heavy atom. The molecule has 0 saturated carbocycles. The minimum Gasteiger partial charge on any atom is -0.399 e. The van der Waals surface area contributed by atoms with Crippen LogP contribution in [0.5, 0.6) is 0 Å². The van der Waals surface area contributed by atoms with Crippen LogP contribution < -0.4 is 5.73 Å². The molecule has 0 atom stereocenters. The average molecular weight is 301 g/mol. The summed E-state index contributed by atoms with van der Waals surface area (Å²) in [5.74, 6) is -0.0612. The fraction of sp³-hybridized carbons (Fsp3) is 0.417. The molecule has 1 aromatic carbocycles. The Kier molecular flexibility index (Phi) is 5.44. The van der Waals surface area contributed by atoms with Crippen molar-refractivity contribution in [3.05, 3.63) is 28.2 Å². The van der Waals surface area contributed by atoms with Crippen LogP contribution in [-0.2, 0) is 0 Å². The second-order valence-corrected chi connectivity index (χ2v) is 4.65. The highest BCUT2D eigenvalue weighted by molar-refractivity contribution is 9.10. The number of hydrogen-bond donors (Lipinski definition) is 2. The maximum Gasteiger partial charge on any atom is 0.253 e. The zero-order valence-electron chi connectivity index (χ0n) is 9.82. The Morgan fingerprint density at radius 1 is 1.47 bits per heavy atom. The number of rotatable bonds is 5. The second-order valence-electron chi connectivity index (χ2n) is 3.74. The van der Waals surface area contributed by atoms with Gasteiger partial charge in [0.15, 0.2) is 0 Å². The molecule has 3 N–H and O–H groups in total. The number of carbonyl (C=O) groups excluding carboxylic acids is 1. The van der Waals surface area contributed by atoms with E-state index in [1.165, 1.54) is 0 Å². The van der Waals surface area contributed by atoms with E-state index < -0.39 is 0 Å². The molecule has 0 aromatic heterocycles. The smallest absolute Gasteiger partial charge is 0.253 e. The highest BCUT2D eigenvalue weighted by atomic mass is 79.9. The fourth-order valence-electron chi connectivity index (χ4n) is 1.58. The number of amides is 1. The van der Waals surface area contributed by atoms with E-state index in [0.717, 1.165) is 4.47 Å². The first-order valence-electron chi connectivity index (χ1n) is 5.54. The maximum absolute atomic E-state index is 12.2. The van der Waals surface area contributed by atoms with Crippen LogP contribution in [0, 0.1) is 0 Å². The van der Waals surface area contributed by atoms with Crippen molar-refractivity contribution in [2.75, 3.05) is 25.4 Å². The Labute approximate surface area is 110 Å². The van der Waals surface area contributed by atoms with Crippen LogP contribution in [0.15, 0.2) is 22.7 Å². The summed E-state index contributed by atoms with van der Waals surface area (Å²) in [6.45, 7) is 3.17. The summed E-state index contributed by atoms with van der Waals surface area (Å²) >= 11 is 3.31. The van der Waals surface area contributed by atoms with Gasteiger partial charge in [0.1, 0.15) is 0 Å². The molecule has 0 spiro atoms. The van der Waals surface area contributed by atoms with E-state index in [1.54, 1.807) is 23.1 Å². The number of aliphatic hydroxyl groups excluding tert-OH is 1. The molecule has 4 nitrogen and oxygen atoms in total. The Hall–Kier alpha value is -1.07. The first kappa shape index (κ1) is 14.0. The van der Waals surface area contributed by atoms with Gasteiger partial charge in [0.05, 0.1) is 0 Å². The van der Waals surface area contributed by atoms with Gasteiger partial charge in [0.2, 0.25) is 0 Å². The van der Waals surface area contributed by atoms with E-state index in [1.807, 2.05) is 6.92 Å². The SMILES string of the molecule is CCN(CCCO)C(=O)c1cc(N)cc(Br)c1. The van der Waals surface area contributed by atoms with Crippen molar-refractivity contribution in [1.82, 2.24) is 4.90 Å². The van der Waals surface area contributed by atoms with Crippen molar-refractivity contribution in [3.63, 3.8) is 0 Å². The average Bonchev–Trinajstić information content (AvgIpc) is 2.28. The molecule has 1 amide bonds. The molecule has 0 aliphatic heterocycles. The molecular formula is C12H17BrN2O2. The third-order valence-corrected chi connectivity index (χ3v) is 2.88. The standard InChI is InChI=1S/C12H17BrN2O2/c1-2-15(4-3-5-16)12(17)9-6-10(13)8-11(14)7-9/h6-8,16H,2-5,14H2,1H3. The number of nitrogens with two attached hydrogens (primary N) is 1. The molecule has 0 fully saturated rings. The lowest BCUT2D eigenvalue weighted by Crippen LogP contribution is -2.32. The summed E-state index contributed by atoms with van der Waals surface area (Å²) in [6.07, 6.45) is 0.586. The number of carbonyl (C=O) groups is 1. The second kappa shape index (κ2) is 6.61. The quantitative estimate of drug-likeness (QED) is 0.816. The molecule has 0 heterocycles. The molecule has 0 aliphatic carbocycles. The van der Waals surface area contributed by atoms with Crippen LogP contribution in [0.3, 0.4) is 0 Å². The van der Waals surface area contributed by atoms with Gasteiger partial charge in [0.25, 0.3) is 5.91 Å². The lowest BCUT2D eigenvalue weighted by molar-refractivity contribution is 0.0754. The van der Waals surface area contributed by atoms with E-state index in [2.05, 4.69) is 15.9 Å². The third-order valence-electron chi connectivity index (χ3n) is 2.42. The van der Waals surface area contributed by atoms with Crippen molar-refractivity contribution < 1.29 is 9.90 Å². The fourth-order valence-corrected chi connectivity index (χ4v) is 2.09. The van der Waals surface area contributed by atoms with Crippen molar-refractivity contribution >= 4 is 27.5 Å². The molecular weight excluding hydrogens is 284 g/mol. The molecule has 0 unspecified atom stereocenters. The molecule has 17 heavy (non-hydrogen) atoms. The number of nitrogen functional groups attached to an aromatic ring is 1.